The molecule has 1 N–H and O–H groups in total. The zero-order chi connectivity index (χ0) is 14.4. The summed E-state index contributed by atoms with van der Waals surface area (Å²) in [7, 11) is 2.12. The summed E-state index contributed by atoms with van der Waals surface area (Å²) in [5.74, 6) is 0. The maximum absolute atomic E-state index is 5.86. The van der Waals surface area contributed by atoms with Crippen LogP contribution in [0.5, 0.6) is 0 Å². The van der Waals surface area contributed by atoms with E-state index >= 15 is 0 Å². The van der Waals surface area contributed by atoms with E-state index in [-0.39, 0.29) is 0 Å². The lowest BCUT2D eigenvalue weighted by Gasteiger charge is -2.20. The first-order chi connectivity index (χ1) is 9.69. The minimum atomic E-state index is 0.767. The second-order valence-corrected chi connectivity index (χ2v) is 5.31. The SMILES string of the molecule is CCc1ccc(N(C)CCNc2ccc(Cl)cc2)cc1. The van der Waals surface area contributed by atoms with Crippen LogP contribution in [-0.4, -0.2) is 20.1 Å². The van der Waals surface area contributed by atoms with Crippen LogP contribution in [0.3, 0.4) is 0 Å². The predicted octanol–water partition coefficient (Wildman–Crippen LogP) is 4.45. The fourth-order valence-corrected chi connectivity index (χ4v) is 2.18. The molecule has 0 bridgehead atoms. The minimum absolute atomic E-state index is 0.767. The lowest BCUT2D eigenvalue weighted by molar-refractivity contribution is 0.914. The number of benzene rings is 2. The largest absolute Gasteiger partial charge is 0.383 e. The summed E-state index contributed by atoms with van der Waals surface area (Å²) in [6.07, 6.45) is 1.09. The molecule has 2 aromatic rings. The highest BCUT2D eigenvalue weighted by Gasteiger charge is 2.00. The van der Waals surface area contributed by atoms with Crippen molar-refractivity contribution < 1.29 is 0 Å². The van der Waals surface area contributed by atoms with E-state index in [1.807, 2.05) is 24.3 Å². The molecule has 0 atom stereocenters. The molecule has 0 spiro atoms. The summed E-state index contributed by atoms with van der Waals surface area (Å²) in [6, 6.07) is 16.5. The van der Waals surface area contributed by atoms with Gasteiger partial charge in [-0.25, -0.2) is 0 Å². The van der Waals surface area contributed by atoms with Crippen LogP contribution in [0, 0.1) is 0 Å². The maximum atomic E-state index is 5.86. The first kappa shape index (κ1) is 14.7. The Balaban J connectivity index is 1.82. The van der Waals surface area contributed by atoms with Gasteiger partial charge in [-0.15, -0.1) is 0 Å². The third-order valence-electron chi connectivity index (χ3n) is 3.41. The van der Waals surface area contributed by atoms with Crippen LogP contribution in [0.25, 0.3) is 0 Å². The number of hydrogen-bond acceptors (Lipinski definition) is 2. The van der Waals surface area contributed by atoms with Gasteiger partial charge in [0.2, 0.25) is 0 Å². The number of hydrogen-bond donors (Lipinski definition) is 1. The van der Waals surface area contributed by atoms with Crippen LogP contribution in [-0.2, 0) is 6.42 Å². The van der Waals surface area contributed by atoms with Gasteiger partial charge in [-0.1, -0.05) is 30.7 Å². The molecule has 3 heteroatoms. The van der Waals surface area contributed by atoms with Crippen molar-refractivity contribution in [2.24, 2.45) is 0 Å². The normalized spacial score (nSPS) is 10.3. The third kappa shape index (κ3) is 4.17. The number of anilines is 2. The molecular formula is C17H21ClN2. The van der Waals surface area contributed by atoms with E-state index in [0.29, 0.717) is 0 Å². The Labute approximate surface area is 126 Å². The van der Waals surface area contributed by atoms with Gasteiger partial charge in [0.25, 0.3) is 0 Å². The molecule has 0 aliphatic rings. The monoisotopic (exact) mass is 288 g/mol. The van der Waals surface area contributed by atoms with Crippen LogP contribution < -0.4 is 10.2 Å². The van der Waals surface area contributed by atoms with Gasteiger partial charge in [0.05, 0.1) is 0 Å². The van der Waals surface area contributed by atoms with Crippen molar-refractivity contribution in [3.8, 4) is 0 Å². The lowest BCUT2D eigenvalue weighted by atomic mass is 10.1. The lowest BCUT2D eigenvalue weighted by Crippen LogP contribution is -2.24. The fraction of sp³-hybridized carbons (Fsp3) is 0.294. The van der Waals surface area contributed by atoms with Crippen molar-refractivity contribution >= 4 is 23.0 Å². The van der Waals surface area contributed by atoms with Crippen molar-refractivity contribution in [3.05, 3.63) is 59.1 Å². The summed E-state index contributed by atoms with van der Waals surface area (Å²) < 4.78 is 0. The van der Waals surface area contributed by atoms with Gasteiger partial charge in [0.1, 0.15) is 0 Å². The number of halogens is 1. The van der Waals surface area contributed by atoms with Crippen LogP contribution >= 0.6 is 11.6 Å². The number of aryl methyl sites for hydroxylation is 1. The van der Waals surface area contributed by atoms with Crippen LogP contribution in [0.15, 0.2) is 48.5 Å². The fourth-order valence-electron chi connectivity index (χ4n) is 2.05. The molecule has 106 valence electrons. The van der Waals surface area contributed by atoms with E-state index in [1.165, 1.54) is 11.3 Å². The van der Waals surface area contributed by atoms with Crippen LogP contribution in [0.1, 0.15) is 12.5 Å². The van der Waals surface area contributed by atoms with Gasteiger partial charge in [-0.05, 0) is 48.4 Å². The van der Waals surface area contributed by atoms with Gasteiger partial charge < -0.3 is 10.2 Å². The summed E-state index contributed by atoms with van der Waals surface area (Å²) >= 11 is 5.86. The minimum Gasteiger partial charge on any atom is -0.383 e. The van der Waals surface area contributed by atoms with Crippen molar-refractivity contribution in [1.29, 1.82) is 0 Å². The second kappa shape index (κ2) is 7.20. The summed E-state index contributed by atoms with van der Waals surface area (Å²) in [6.45, 7) is 4.02. The molecule has 0 unspecified atom stereocenters. The number of rotatable bonds is 6. The highest BCUT2D eigenvalue weighted by molar-refractivity contribution is 6.30. The highest BCUT2D eigenvalue weighted by Crippen LogP contribution is 2.15. The van der Waals surface area contributed by atoms with Crippen molar-refractivity contribution in [2.45, 2.75) is 13.3 Å². The zero-order valence-corrected chi connectivity index (χ0v) is 12.8. The maximum Gasteiger partial charge on any atom is 0.0407 e. The van der Waals surface area contributed by atoms with E-state index in [2.05, 4.69) is 48.5 Å². The molecule has 2 nitrogen and oxygen atoms in total. The summed E-state index contributed by atoms with van der Waals surface area (Å²) in [4.78, 5) is 2.25. The Morgan fingerprint density at radius 1 is 1.00 bits per heavy atom. The van der Waals surface area contributed by atoms with E-state index in [1.54, 1.807) is 0 Å². The molecule has 0 amide bonds. The molecule has 0 saturated heterocycles. The van der Waals surface area contributed by atoms with Crippen LogP contribution in [0.2, 0.25) is 5.02 Å². The topological polar surface area (TPSA) is 15.3 Å². The van der Waals surface area contributed by atoms with Gasteiger partial charge in [-0.2, -0.15) is 0 Å². The summed E-state index contributed by atoms with van der Waals surface area (Å²) in [5, 5.41) is 4.16. The standard InChI is InChI=1S/C17H21ClN2/c1-3-14-4-10-17(11-5-14)20(2)13-12-19-16-8-6-15(18)7-9-16/h4-11,19H,3,12-13H2,1-2H3. The van der Waals surface area contributed by atoms with Crippen molar-refractivity contribution in [2.75, 3.05) is 30.4 Å². The van der Waals surface area contributed by atoms with E-state index in [4.69, 9.17) is 11.6 Å². The smallest absolute Gasteiger partial charge is 0.0407 e. The first-order valence-electron chi connectivity index (χ1n) is 6.98. The first-order valence-corrected chi connectivity index (χ1v) is 7.36. The zero-order valence-electron chi connectivity index (χ0n) is 12.1. The molecule has 0 heterocycles. The van der Waals surface area contributed by atoms with Crippen LogP contribution in [0.4, 0.5) is 11.4 Å². The predicted molar refractivity (Wildman–Crippen MR) is 89.0 cm³/mol. The number of nitrogens with zero attached hydrogens (tertiary/aromatic N) is 1. The molecule has 2 rings (SSSR count). The van der Waals surface area contributed by atoms with Gasteiger partial charge in [-0.3, -0.25) is 0 Å². The molecule has 2 aromatic carbocycles. The Morgan fingerprint density at radius 3 is 2.25 bits per heavy atom. The van der Waals surface area contributed by atoms with Gasteiger partial charge in [0.15, 0.2) is 0 Å². The molecular weight excluding hydrogens is 268 g/mol. The average molecular weight is 289 g/mol. The van der Waals surface area contributed by atoms with E-state index < -0.39 is 0 Å². The molecule has 0 aromatic heterocycles. The Kier molecular flexibility index (Phi) is 5.31. The average Bonchev–Trinajstić information content (AvgIpc) is 2.49. The molecule has 0 fully saturated rings. The molecule has 0 saturated carbocycles. The highest BCUT2D eigenvalue weighted by atomic mass is 35.5. The van der Waals surface area contributed by atoms with Crippen molar-refractivity contribution in [3.63, 3.8) is 0 Å². The van der Waals surface area contributed by atoms with Gasteiger partial charge >= 0.3 is 0 Å². The number of likely N-dealkylation sites (N-methyl/N-ethyl adjacent to an activating group) is 1. The quantitative estimate of drug-likeness (QED) is 0.845. The molecule has 20 heavy (non-hydrogen) atoms. The van der Waals surface area contributed by atoms with E-state index in [0.717, 1.165) is 30.2 Å². The van der Waals surface area contributed by atoms with Crippen molar-refractivity contribution in [1.82, 2.24) is 0 Å². The molecule has 0 aliphatic carbocycles. The summed E-state index contributed by atoms with van der Waals surface area (Å²) in [5.41, 5.74) is 3.73. The Bertz CT molecular complexity index is 520. The Morgan fingerprint density at radius 2 is 1.65 bits per heavy atom. The third-order valence-corrected chi connectivity index (χ3v) is 3.66. The second-order valence-electron chi connectivity index (χ2n) is 4.88. The Hall–Kier alpha value is -1.67. The number of nitrogens with one attached hydrogen (secondary N) is 1. The molecule has 0 radical (unpaired) electrons. The van der Waals surface area contributed by atoms with Gasteiger partial charge in [0, 0.05) is 36.5 Å². The molecule has 0 aliphatic heterocycles. The van der Waals surface area contributed by atoms with E-state index in [9.17, 15) is 0 Å².